The van der Waals surface area contributed by atoms with E-state index < -0.39 is 0 Å². The highest BCUT2D eigenvalue weighted by atomic mass is 32.1. The summed E-state index contributed by atoms with van der Waals surface area (Å²) >= 11 is 1.92. The molecule has 0 N–H and O–H groups in total. The van der Waals surface area contributed by atoms with Gasteiger partial charge in [-0.3, -0.25) is 0 Å². The van der Waals surface area contributed by atoms with Crippen LogP contribution in [0.4, 0.5) is 0 Å². The van der Waals surface area contributed by atoms with Crippen molar-refractivity contribution in [3.05, 3.63) is 96.1 Å². The van der Waals surface area contributed by atoms with Crippen molar-refractivity contribution >= 4 is 31.5 Å². The molecule has 4 aromatic carbocycles. The molecule has 0 aliphatic heterocycles. The number of rotatable bonds is 3. The first-order valence-electron chi connectivity index (χ1n) is 14.2. The third-order valence-corrected chi connectivity index (χ3v) is 11.4. The molecule has 3 aliphatic rings. The van der Waals surface area contributed by atoms with Crippen molar-refractivity contribution < 1.29 is 0 Å². The minimum Gasteiger partial charge on any atom is -0.135 e. The maximum Gasteiger partial charge on any atom is 0.0361 e. The van der Waals surface area contributed by atoms with Gasteiger partial charge < -0.3 is 0 Å². The van der Waals surface area contributed by atoms with Gasteiger partial charge in [-0.25, -0.2) is 0 Å². The number of fused-ring (bicyclic) bond motifs is 4. The Labute approximate surface area is 224 Å². The van der Waals surface area contributed by atoms with Crippen LogP contribution in [0.3, 0.4) is 0 Å². The first-order valence-corrected chi connectivity index (χ1v) is 15.1. The summed E-state index contributed by atoms with van der Waals surface area (Å²) in [5, 5.41) is 2.77. The molecule has 37 heavy (non-hydrogen) atoms. The van der Waals surface area contributed by atoms with Crippen LogP contribution in [0.5, 0.6) is 0 Å². The predicted molar refractivity (Wildman–Crippen MR) is 159 cm³/mol. The second-order valence-electron chi connectivity index (χ2n) is 12.4. The zero-order valence-electron chi connectivity index (χ0n) is 21.8. The summed E-state index contributed by atoms with van der Waals surface area (Å²) in [7, 11) is 0. The Morgan fingerprint density at radius 1 is 0.622 bits per heavy atom. The lowest BCUT2D eigenvalue weighted by molar-refractivity contribution is 0.0752. The first kappa shape index (κ1) is 22.1. The lowest BCUT2D eigenvalue weighted by Gasteiger charge is -2.43. The number of hydrogen-bond acceptors (Lipinski definition) is 1. The minimum absolute atomic E-state index is 0.690. The SMILES string of the molecule is Cc1ccc2sc3cc(-c4ccc([C@H]5[C@H]6CC7C(C[C@@H]7C6)C[C@@H]5C)c(-c5ccccc5)c4)ccc3c2c1. The summed E-state index contributed by atoms with van der Waals surface area (Å²) in [6.07, 6.45) is 5.89. The molecule has 0 amide bonds. The number of benzene rings is 4. The molecule has 0 nitrogen and oxygen atoms in total. The fourth-order valence-electron chi connectivity index (χ4n) is 8.60. The molecule has 2 unspecified atom stereocenters. The van der Waals surface area contributed by atoms with E-state index in [0.717, 1.165) is 29.6 Å². The summed E-state index contributed by atoms with van der Waals surface area (Å²) in [6.45, 7) is 4.74. The van der Waals surface area contributed by atoms with Crippen LogP contribution in [0.1, 0.15) is 49.7 Å². The van der Waals surface area contributed by atoms with Gasteiger partial charge in [0.1, 0.15) is 0 Å². The molecule has 1 heteroatoms. The smallest absolute Gasteiger partial charge is 0.0361 e. The van der Waals surface area contributed by atoms with Crippen molar-refractivity contribution in [3.8, 4) is 22.3 Å². The summed E-state index contributed by atoms with van der Waals surface area (Å²) in [5.74, 6) is 5.40. The van der Waals surface area contributed by atoms with Crippen molar-refractivity contribution in [1.82, 2.24) is 0 Å². The van der Waals surface area contributed by atoms with E-state index in [1.807, 2.05) is 11.3 Å². The normalized spacial score (nSPS) is 28.4. The van der Waals surface area contributed by atoms with Gasteiger partial charge in [-0.2, -0.15) is 0 Å². The Morgan fingerprint density at radius 3 is 2.30 bits per heavy atom. The molecule has 3 fully saturated rings. The lowest BCUT2D eigenvalue weighted by atomic mass is 9.62. The van der Waals surface area contributed by atoms with E-state index in [1.165, 1.54) is 73.7 Å². The molecule has 0 radical (unpaired) electrons. The van der Waals surface area contributed by atoms with Crippen molar-refractivity contribution in [1.29, 1.82) is 0 Å². The van der Waals surface area contributed by atoms with Gasteiger partial charge in [0.05, 0.1) is 0 Å². The molecule has 0 saturated heterocycles. The van der Waals surface area contributed by atoms with Gasteiger partial charge >= 0.3 is 0 Å². The average molecular weight is 499 g/mol. The number of aryl methyl sites for hydroxylation is 1. The Balaban J connectivity index is 1.26. The molecule has 5 aromatic rings. The van der Waals surface area contributed by atoms with Crippen molar-refractivity contribution in [2.45, 2.75) is 45.4 Å². The summed E-state index contributed by atoms with van der Waals surface area (Å²) in [4.78, 5) is 0. The van der Waals surface area contributed by atoms with Gasteiger partial charge in [-0.05, 0) is 120 Å². The zero-order chi connectivity index (χ0) is 24.7. The second kappa shape index (κ2) is 8.30. The van der Waals surface area contributed by atoms with Crippen LogP contribution in [0.2, 0.25) is 0 Å². The molecule has 1 heterocycles. The van der Waals surface area contributed by atoms with Crippen LogP contribution >= 0.6 is 11.3 Å². The van der Waals surface area contributed by atoms with E-state index in [9.17, 15) is 0 Å². The maximum absolute atomic E-state index is 2.55. The third-order valence-electron chi connectivity index (χ3n) is 10.2. The molecular weight excluding hydrogens is 464 g/mol. The maximum atomic E-state index is 2.55. The van der Waals surface area contributed by atoms with Crippen molar-refractivity contribution in [2.75, 3.05) is 0 Å². The molecule has 0 spiro atoms. The van der Waals surface area contributed by atoms with Crippen molar-refractivity contribution in [3.63, 3.8) is 0 Å². The van der Waals surface area contributed by atoms with Gasteiger partial charge in [0, 0.05) is 20.2 Å². The molecule has 1 aromatic heterocycles. The Kier molecular flexibility index (Phi) is 4.96. The Morgan fingerprint density at radius 2 is 1.41 bits per heavy atom. The first-order chi connectivity index (χ1) is 18.1. The molecule has 2 bridgehead atoms. The standard InChI is InChI=1S/C36H34S/c1-21-8-13-34-33(14-21)29-11-9-25(20-35(29)37-34)24-10-12-30(32(18-24)23-6-4-3-5-7-23)36-22(2)15-26-16-27-17-28(36)19-31(26)27/h3-14,18,20,22,26-28,31,36H,15-17,19H2,1-2H3/t22-,26?,27+,28+,31?,36+/m0/s1. The van der Waals surface area contributed by atoms with Crippen LogP contribution < -0.4 is 0 Å². The van der Waals surface area contributed by atoms with E-state index >= 15 is 0 Å². The predicted octanol–water partition coefficient (Wildman–Crippen LogP) is 10.5. The van der Waals surface area contributed by atoms with Gasteiger partial charge in [0.15, 0.2) is 0 Å². The third kappa shape index (κ3) is 3.47. The fourth-order valence-corrected chi connectivity index (χ4v) is 9.72. The van der Waals surface area contributed by atoms with Crippen LogP contribution in [-0.2, 0) is 0 Å². The van der Waals surface area contributed by atoms with Gasteiger partial charge in [0.25, 0.3) is 0 Å². The highest BCUT2D eigenvalue weighted by Crippen LogP contribution is 2.63. The Bertz CT molecular complexity index is 1640. The van der Waals surface area contributed by atoms with Gasteiger partial charge in [0.2, 0.25) is 0 Å². The molecular formula is C36H34S. The van der Waals surface area contributed by atoms with Crippen molar-refractivity contribution in [2.24, 2.45) is 29.6 Å². The average Bonchev–Trinajstić information content (AvgIpc) is 3.41. The Hall–Kier alpha value is -2.90. The minimum atomic E-state index is 0.690. The summed E-state index contributed by atoms with van der Waals surface area (Å²) in [6, 6.07) is 32.6. The molecule has 184 valence electrons. The van der Waals surface area contributed by atoms with E-state index in [4.69, 9.17) is 0 Å². The van der Waals surface area contributed by atoms with Crippen LogP contribution in [-0.4, -0.2) is 0 Å². The molecule has 3 saturated carbocycles. The van der Waals surface area contributed by atoms with Gasteiger partial charge in [-0.15, -0.1) is 11.3 Å². The fraction of sp³-hybridized carbons (Fsp3) is 0.333. The van der Waals surface area contributed by atoms with E-state index in [1.54, 1.807) is 5.56 Å². The zero-order valence-corrected chi connectivity index (χ0v) is 22.6. The topological polar surface area (TPSA) is 0 Å². The summed E-state index contributed by atoms with van der Waals surface area (Å²) in [5.41, 5.74) is 8.43. The monoisotopic (exact) mass is 498 g/mol. The lowest BCUT2D eigenvalue weighted by Crippen LogP contribution is -2.34. The largest absolute Gasteiger partial charge is 0.135 e. The highest BCUT2D eigenvalue weighted by molar-refractivity contribution is 7.25. The highest BCUT2D eigenvalue weighted by Gasteiger charge is 2.53. The van der Waals surface area contributed by atoms with Crippen LogP contribution in [0.25, 0.3) is 42.4 Å². The molecule has 3 aliphatic carbocycles. The number of thiophene rings is 1. The summed E-state index contributed by atoms with van der Waals surface area (Å²) < 4.78 is 2.77. The second-order valence-corrected chi connectivity index (χ2v) is 13.5. The molecule has 8 rings (SSSR count). The van der Waals surface area contributed by atoms with Gasteiger partial charge in [-0.1, -0.05) is 73.2 Å². The van der Waals surface area contributed by atoms with Crippen LogP contribution in [0.15, 0.2) is 84.9 Å². The van der Waals surface area contributed by atoms with Crippen LogP contribution in [0, 0.1) is 36.5 Å². The number of hydrogen-bond donors (Lipinski definition) is 0. The quantitative estimate of drug-likeness (QED) is 0.232. The van der Waals surface area contributed by atoms with E-state index in [0.29, 0.717) is 5.92 Å². The van der Waals surface area contributed by atoms with E-state index in [-0.39, 0.29) is 0 Å². The molecule has 6 atom stereocenters. The van der Waals surface area contributed by atoms with E-state index in [2.05, 4.69) is 98.8 Å².